The van der Waals surface area contributed by atoms with Crippen molar-refractivity contribution in [3.05, 3.63) is 71.8 Å². The van der Waals surface area contributed by atoms with Gasteiger partial charge in [0.25, 0.3) is 0 Å². The number of amides is 1. The first-order valence-corrected chi connectivity index (χ1v) is 14.3. The number of carbonyl (C=O) groups excluding carboxylic acids is 2. The molecule has 1 amide bonds. The molecular formula is C31H30N4O4S. The largest absolute Gasteiger partial charge is 0.508 e. The van der Waals surface area contributed by atoms with Crippen molar-refractivity contribution in [1.82, 2.24) is 14.9 Å². The molecule has 40 heavy (non-hydrogen) atoms. The summed E-state index contributed by atoms with van der Waals surface area (Å²) in [7, 11) is 0. The van der Waals surface area contributed by atoms with Crippen molar-refractivity contribution in [2.45, 2.75) is 32.9 Å². The Balaban J connectivity index is 1.30. The lowest BCUT2D eigenvalue weighted by molar-refractivity contribution is -0.133. The van der Waals surface area contributed by atoms with Crippen molar-refractivity contribution in [3.63, 3.8) is 0 Å². The van der Waals surface area contributed by atoms with Crippen LogP contribution in [0.4, 0.5) is 5.82 Å². The second-order valence-corrected chi connectivity index (χ2v) is 11.1. The number of fused-ring (bicyclic) bond motifs is 2. The zero-order valence-electron chi connectivity index (χ0n) is 22.3. The molecule has 1 N–H and O–H groups in total. The van der Waals surface area contributed by atoms with Gasteiger partial charge in [0.1, 0.15) is 5.75 Å². The van der Waals surface area contributed by atoms with Gasteiger partial charge in [0.15, 0.2) is 17.4 Å². The normalized spacial score (nSPS) is 15.2. The molecule has 204 valence electrons. The summed E-state index contributed by atoms with van der Waals surface area (Å²) < 4.78 is 6.60. The minimum atomic E-state index is -0.0219. The van der Waals surface area contributed by atoms with Crippen LogP contribution < -0.4 is 4.90 Å². The summed E-state index contributed by atoms with van der Waals surface area (Å²) in [6, 6.07) is 15.5. The number of aromatic nitrogens is 2. The summed E-state index contributed by atoms with van der Waals surface area (Å²) >= 11 is 1.66. The van der Waals surface area contributed by atoms with Crippen molar-refractivity contribution in [2.24, 2.45) is 0 Å². The number of ether oxygens (including phenoxy) is 1. The van der Waals surface area contributed by atoms with Gasteiger partial charge in [0, 0.05) is 49.5 Å². The Hall–Kier alpha value is -4.08. The van der Waals surface area contributed by atoms with E-state index in [1.54, 1.807) is 42.5 Å². The van der Waals surface area contributed by atoms with E-state index in [0.29, 0.717) is 32.1 Å². The van der Waals surface area contributed by atoms with Gasteiger partial charge < -0.3 is 19.6 Å². The number of morpholine rings is 1. The number of nitrogens with zero attached hydrogens (tertiary/aromatic N) is 4. The lowest BCUT2D eigenvalue weighted by Crippen LogP contribution is -2.36. The van der Waals surface area contributed by atoms with E-state index < -0.39 is 0 Å². The fourth-order valence-corrected chi connectivity index (χ4v) is 6.31. The molecule has 2 aromatic carbocycles. The van der Waals surface area contributed by atoms with E-state index in [1.807, 2.05) is 11.0 Å². The molecule has 1 fully saturated rings. The molecule has 0 bridgehead atoms. The molecule has 0 saturated carbocycles. The standard InChI is InChI=1S/C31H30N4O4S/c1-2-4-24(36)9-10-28(38)35-18-22-8-7-20(15-23(22)19-35)27-17-26-29(40-27)31(34-11-13-39-14-12-34)33-30(32-26)21-5-3-6-25(37)16-21/h2-8,15-17,37H,9-14,18-19H2,1H3/b4-2+. The second-order valence-electron chi connectivity index (χ2n) is 10.0. The summed E-state index contributed by atoms with van der Waals surface area (Å²) in [5.74, 6) is 1.61. The first-order valence-electron chi connectivity index (χ1n) is 13.5. The number of aromatic hydroxyl groups is 1. The summed E-state index contributed by atoms with van der Waals surface area (Å²) in [6.45, 7) is 5.71. The highest BCUT2D eigenvalue weighted by molar-refractivity contribution is 7.22. The molecule has 2 aromatic heterocycles. The van der Waals surface area contributed by atoms with Crippen molar-refractivity contribution in [1.29, 1.82) is 0 Å². The zero-order chi connectivity index (χ0) is 27.6. The van der Waals surface area contributed by atoms with Gasteiger partial charge in [-0.05, 0) is 54.0 Å². The maximum atomic E-state index is 12.8. The first-order chi connectivity index (χ1) is 19.5. The van der Waals surface area contributed by atoms with Gasteiger partial charge in [-0.15, -0.1) is 11.3 Å². The Bertz CT molecular complexity index is 1620. The van der Waals surface area contributed by atoms with Gasteiger partial charge in [0.05, 0.1) is 23.4 Å². The third-order valence-corrected chi connectivity index (χ3v) is 8.44. The lowest BCUT2D eigenvalue weighted by Gasteiger charge is -2.28. The first kappa shape index (κ1) is 26.2. The van der Waals surface area contributed by atoms with E-state index >= 15 is 0 Å². The Morgan fingerprint density at radius 2 is 1.82 bits per heavy atom. The van der Waals surface area contributed by atoms with Crippen molar-refractivity contribution < 1.29 is 19.4 Å². The number of phenolic OH excluding ortho intramolecular Hbond substituents is 1. The number of phenols is 1. The van der Waals surface area contributed by atoms with Gasteiger partial charge >= 0.3 is 0 Å². The fraction of sp³-hybridized carbons (Fsp3) is 0.290. The highest BCUT2D eigenvalue weighted by Gasteiger charge is 2.25. The number of ketones is 1. The Morgan fingerprint density at radius 1 is 1.00 bits per heavy atom. The highest BCUT2D eigenvalue weighted by atomic mass is 32.1. The number of rotatable bonds is 7. The second kappa shape index (κ2) is 11.2. The molecule has 0 aliphatic carbocycles. The number of thiophene rings is 1. The minimum Gasteiger partial charge on any atom is -0.508 e. The van der Waals surface area contributed by atoms with Crippen molar-refractivity contribution >= 4 is 39.1 Å². The molecule has 2 aliphatic rings. The van der Waals surface area contributed by atoms with Crippen LogP contribution in [-0.2, 0) is 27.4 Å². The van der Waals surface area contributed by atoms with Crippen LogP contribution in [0.3, 0.4) is 0 Å². The van der Waals surface area contributed by atoms with Crippen LogP contribution >= 0.6 is 11.3 Å². The average Bonchev–Trinajstić information content (AvgIpc) is 3.60. The van der Waals surface area contributed by atoms with E-state index in [2.05, 4.69) is 29.2 Å². The van der Waals surface area contributed by atoms with Crippen molar-refractivity contribution in [2.75, 3.05) is 31.2 Å². The third-order valence-electron chi connectivity index (χ3n) is 7.27. The van der Waals surface area contributed by atoms with E-state index in [-0.39, 0.29) is 30.3 Å². The summed E-state index contributed by atoms with van der Waals surface area (Å²) in [5.41, 5.74) is 4.96. The van der Waals surface area contributed by atoms with Gasteiger partial charge in [-0.3, -0.25) is 9.59 Å². The number of hydrogen-bond acceptors (Lipinski definition) is 8. The van der Waals surface area contributed by atoms with Crippen LogP contribution in [0.25, 0.3) is 32.0 Å². The van der Waals surface area contributed by atoms with Crippen LogP contribution in [0, 0.1) is 0 Å². The molecule has 0 spiro atoms. The van der Waals surface area contributed by atoms with E-state index in [4.69, 9.17) is 14.7 Å². The monoisotopic (exact) mass is 554 g/mol. The average molecular weight is 555 g/mol. The van der Waals surface area contributed by atoms with E-state index in [0.717, 1.165) is 56.3 Å². The summed E-state index contributed by atoms with van der Waals surface area (Å²) in [6.07, 6.45) is 3.69. The molecule has 0 atom stereocenters. The fourth-order valence-electron chi connectivity index (χ4n) is 5.20. The Morgan fingerprint density at radius 3 is 2.62 bits per heavy atom. The highest BCUT2D eigenvalue weighted by Crippen LogP contribution is 2.40. The van der Waals surface area contributed by atoms with Crippen LogP contribution in [0.1, 0.15) is 30.9 Å². The number of anilines is 1. The SMILES string of the molecule is C/C=C/C(=O)CCC(=O)N1Cc2ccc(-c3cc4nc(-c5cccc(O)c5)nc(N5CCOCC5)c4s3)cc2C1. The summed E-state index contributed by atoms with van der Waals surface area (Å²) in [4.78, 5) is 39.6. The van der Waals surface area contributed by atoms with Crippen molar-refractivity contribution in [3.8, 4) is 27.6 Å². The van der Waals surface area contributed by atoms with Gasteiger partial charge in [0.2, 0.25) is 5.91 Å². The number of carbonyl (C=O) groups is 2. The zero-order valence-corrected chi connectivity index (χ0v) is 23.1. The Labute approximate surface area is 236 Å². The van der Waals surface area contributed by atoms with Gasteiger partial charge in [-0.25, -0.2) is 9.97 Å². The van der Waals surface area contributed by atoms with Crippen LogP contribution in [0.2, 0.25) is 0 Å². The molecule has 1 saturated heterocycles. The Kier molecular flexibility index (Phi) is 7.32. The van der Waals surface area contributed by atoms with Crippen LogP contribution in [-0.4, -0.2) is 58.0 Å². The molecule has 8 nitrogen and oxygen atoms in total. The molecule has 9 heteroatoms. The maximum absolute atomic E-state index is 12.8. The topological polar surface area (TPSA) is 95.9 Å². The van der Waals surface area contributed by atoms with E-state index in [9.17, 15) is 14.7 Å². The van der Waals surface area contributed by atoms with E-state index in [1.165, 1.54) is 6.08 Å². The molecular weight excluding hydrogens is 524 g/mol. The molecule has 4 aromatic rings. The summed E-state index contributed by atoms with van der Waals surface area (Å²) in [5, 5.41) is 10.0. The van der Waals surface area contributed by atoms with Crippen LogP contribution in [0.5, 0.6) is 5.75 Å². The minimum absolute atomic E-state index is 0.00219. The molecule has 4 heterocycles. The molecule has 0 unspecified atom stereocenters. The maximum Gasteiger partial charge on any atom is 0.223 e. The predicted octanol–water partition coefficient (Wildman–Crippen LogP) is 5.34. The number of hydrogen-bond donors (Lipinski definition) is 1. The molecule has 6 rings (SSSR count). The lowest BCUT2D eigenvalue weighted by atomic mass is 10.1. The quantitative estimate of drug-likeness (QED) is 0.308. The molecule has 2 aliphatic heterocycles. The number of allylic oxidation sites excluding steroid dienone is 2. The predicted molar refractivity (Wildman–Crippen MR) is 156 cm³/mol. The van der Waals surface area contributed by atoms with Gasteiger partial charge in [-0.1, -0.05) is 30.3 Å². The smallest absolute Gasteiger partial charge is 0.223 e. The van der Waals surface area contributed by atoms with Gasteiger partial charge in [-0.2, -0.15) is 0 Å². The third kappa shape index (κ3) is 5.35. The van der Waals surface area contributed by atoms with Crippen LogP contribution in [0.15, 0.2) is 60.7 Å². The number of benzene rings is 2. The molecule has 0 radical (unpaired) electrons.